The minimum atomic E-state index is -1.63. The van der Waals surface area contributed by atoms with Crippen molar-refractivity contribution in [2.75, 3.05) is 19.2 Å². The molecule has 0 aliphatic carbocycles. The lowest BCUT2D eigenvalue weighted by Gasteiger charge is -2.26. The van der Waals surface area contributed by atoms with Gasteiger partial charge in [0.1, 0.15) is 24.1 Å². The molecule has 2 aromatic rings. The highest BCUT2D eigenvalue weighted by atomic mass is 16.6. The van der Waals surface area contributed by atoms with E-state index in [1.807, 2.05) is 0 Å². The van der Waals surface area contributed by atoms with E-state index in [1.54, 1.807) is 0 Å². The molecule has 0 radical (unpaired) electrons. The molecule has 0 bridgehead atoms. The number of rotatable bonds is 4. The molecular formula is C12H17N5O5. The number of hydrogen-bond donors (Lipinski definition) is 4. The molecule has 4 atom stereocenters. The van der Waals surface area contributed by atoms with Crippen molar-refractivity contribution in [1.29, 1.82) is 0 Å². The lowest BCUT2D eigenvalue weighted by atomic mass is 9.97. The van der Waals surface area contributed by atoms with Crippen molar-refractivity contribution in [2.24, 2.45) is 0 Å². The van der Waals surface area contributed by atoms with Crippen LogP contribution in [0.3, 0.4) is 0 Å². The third-order valence-corrected chi connectivity index (χ3v) is 3.75. The summed E-state index contributed by atoms with van der Waals surface area (Å²) in [5.41, 5.74) is 1.37. The zero-order chi connectivity index (χ0) is 15.9. The van der Waals surface area contributed by atoms with Gasteiger partial charge in [-0.3, -0.25) is 4.84 Å². The second kappa shape index (κ2) is 5.41. The van der Waals surface area contributed by atoms with E-state index in [0.29, 0.717) is 16.9 Å². The van der Waals surface area contributed by atoms with Gasteiger partial charge in [-0.1, -0.05) is 0 Å². The van der Waals surface area contributed by atoms with Crippen LogP contribution in [0.15, 0.2) is 12.5 Å². The first-order valence-electron chi connectivity index (χ1n) is 6.64. The maximum atomic E-state index is 10.5. The van der Waals surface area contributed by atoms with Gasteiger partial charge in [0.15, 0.2) is 17.7 Å². The summed E-state index contributed by atoms with van der Waals surface area (Å²) in [6.07, 6.45) is -0.347. The molecule has 1 aliphatic heterocycles. The van der Waals surface area contributed by atoms with Crippen molar-refractivity contribution >= 4 is 16.9 Å². The zero-order valence-corrected chi connectivity index (χ0v) is 12.0. The molecule has 3 unspecified atom stereocenters. The number of aliphatic hydroxyl groups excluding tert-OH is 2. The molecule has 1 saturated heterocycles. The Morgan fingerprint density at radius 1 is 1.50 bits per heavy atom. The number of fused-ring (bicyclic) bond motifs is 1. The number of aliphatic hydroxyl groups is 3. The fraction of sp³-hybridized carbons (Fsp3) is 0.583. The molecule has 10 nitrogen and oxygen atoms in total. The average Bonchev–Trinajstić information content (AvgIpc) is 3.01. The molecule has 0 amide bonds. The molecule has 2 aromatic heterocycles. The summed E-state index contributed by atoms with van der Waals surface area (Å²) < 4.78 is 6.87. The average molecular weight is 311 g/mol. The Hall–Kier alpha value is -1.85. The normalized spacial score (nSPS) is 31.8. The van der Waals surface area contributed by atoms with Gasteiger partial charge in [0.25, 0.3) is 0 Å². The van der Waals surface area contributed by atoms with E-state index in [2.05, 4.69) is 20.5 Å². The summed E-state index contributed by atoms with van der Waals surface area (Å²) >= 11 is 0. The van der Waals surface area contributed by atoms with E-state index in [1.165, 1.54) is 31.2 Å². The molecule has 0 spiro atoms. The van der Waals surface area contributed by atoms with E-state index in [4.69, 9.17) is 9.57 Å². The second-order valence-corrected chi connectivity index (χ2v) is 5.24. The van der Waals surface area contributed by atoms with Gasteiger partial charge in [0, 0.05) is 0 Å². The van der Waals surface area contributed by atoms with E-state index in [0.717, 1.165) is 0 Å². The number of hydrogen-bond acceptors (Lipinski definition) is 9. The highest BCUT2D eigenvalue weighted by Crippen LogP contribution is 2.39. The summed E-state index contributed by atoms with van der Waals surface area (Å²) in [6, 6.07) is 0. The topological polar surface area (TPSA) is 135 Å². The Kier molecular flexibility index (Phi) is 3.70. The van der Waals surface area contributed by atoms with Gasteiger partial charge in [-0.2, -0.15) is 5.10 Å². The summed E-state index contributed by atoms with van der Waals surface area (Å²) in [6.45, 7) is 0.999. The Morgan fingerprint density at radius 2 is 2.27 bits per heavy atom. The van der Waals surface area contributed by atoms with Gasteiger partial charge in [-0.25, -0.2) is 20.1 Å². The van der Waals surface area contributed by atoms with Crippen LogP contribution in [0.2, 0.25) is 0 Å². The highest BCUT2D eigenvalue weighted by Gasteiger charge is 2.53. The predicted octanol–water partition coefficient (Wildman–Crippen LogP) is -1.20. The summed E-state index contributed by atoms with van der Waals surface area (Å²) in [5, 5.41) is 34.5. The Labute approximate surface area is 125 Å². The van der Waals surface area contributed by atoms with Crippen LogP contribution in [0, 0.1) is 0 Å². The van der Waals surface area contributed by atoms with Crippen LogP contribution in [-0.2, 0) is 9.57 Å². The molecule has 4 N–H and O–H groups in total. The van der Waals surface area contributed by atoms with Gasteiger partial charge >= 0.3 is 0 Å². The zero-order valence-electron chi connectivity index (χ0n) is 12.0. The molecule has 0 aromatic carbocycles. The van der Waals surface area contributed by atoms with Crippen molar-refractivity contribution < 1.29 is 24.9 Å². The summed E-state index contributed by atoms with van der Waals surface area (Å²) in [7, 11) is 1.45. The quantitative estimate of drug-likeness (QED) is 0.513. The van der Waals surface area contributed by atoms with Gasteiger partial charge in [0.2, 0.25) is 0 Å². The first-order chi connectivity index (χ1) is 10.5. The van der Waals surface area contributed by atoms with Gasteiger partial charge in [0.05, 0.1) is 25.3 Å². The van der Waals surface area contributed by atoms with Crippen LogP contribution in [0.4, 0.5) is 5.82 Å². The van der Waals surface area contributed by atoms with E-state index < -0.39 is 30.6 Å². The fourth-order valence-corrected chi connectivity index (χ4v) is 2.56. The number of aromatic nitrogens is 4. The lowest BCUT2D eigenvalue weighted by molar-refractivity contribution is -0.100. The third-order valence-electron chi connectivity index (χ3n) is 3.75. The largest absolute Gasteiger partial charge is 0.394 e. The number of ether oxygens (including phenoxy) is 1. The molecule has 0 saturated carbocycles. The summed E-state index contributed by atoms with van der Waals surface area (Å²) in [5.74, 6) is 0.413. The minimum Gasteiger partial charge on any atom is -0.394 e. The van der Waals surface area contributed by atoms with Crippen LogP contribution in [0.5, 0.6) is 0 Å². The van der Waals surface area contributed by atoms with E-state index in [9.17, 15) is 15.3 Å². The van der Waals surface area contributed by atoms with Crippen molar-refractivity contribution in [1.82, 2.24) is 19.7 Å². The predicted molar refractivity (Wildman–Crippen MR) is 73.6 cm³/mol. The molecular weight excluding hydrogens is 294 g/mol. The molecule has 3 rings (SSSR count). The maximum Gasteiger partial charge on any atom is 0.183 e. The van der Waals surface area contributed by atoms with Gasteiger partial charge in [-0.15, -0.1) is 0 Å². The van der Waals surface area contributed by atoms with Crippen molar-refractivity contribution in [3.05, 3.63) is 12.5 Å². The van der Waals surface area contributed by atoms with Gasteiger partial charge < -0.3 is 20.1 Å². The Balaban J connectivity index is 2.06. The van der Waals surface area contributed by atoms with Crippen LogP contribution in [-0.4, -0.2) is 66.6 Å². The number of nitrogens with zero attached hydrogens (tertiary/aromatic N) is 4. The molecule has 3 heterocycles. The number of anilines is 1. The second-order valence-electron chi connectivity index (χ2n) is 5.24. The molecule has 120 valence electrons. The highest BCUT2D eigenvalue weighted by molar-refractivity contribution is 5.85. The molecule has 10 heteroatoms. The first kappa shape index (κ1) is 15.1. The minimum absolute atomic E-state index is 0.394. The monoisotopic (exact) mass is 311 g/mol. The SMILES string of the molecule is CONc1ncnc2c1cnn2C1OC(CO)C(O)[C@@]1(C)O. The third kappa shape index (κ3) is 2.12. The van der Waals surface area contributed by atoms with Crippen LogP contribution < -0.4 is 5.48 Å². The van der Waals surface area contributed by atoms with Crippen molar-refractivity contribution in [3.63, 3.8) is 0 Å². The molecule has 1 fully saturated rings. The smallest absolute Gasteiger partial charge is 0.183 e. The Morgan fingerprint density at radius 3 is 2.91 bits per heavy atom. The van der Waals surface area contributed by atoms with Crippen LogP contribution >= 0.6 is 0 Å². The van der Waals surface area contributed by atoms with Crippen LogP contribution in [0.1, 0.15) is 13.2 Å². The maximum absolute atomic E-state index is 10.5. The molecule has 22 heavy (non-hydrogen) atoms. The van der Waals surface area contributed by atoms with Crippen molar-refractivity contribution in [3.8, 4) is 0 Å². The van der Waals surface area contributed by atoms with Crippen molar-refractivity contribution in [2.45, 2.75) is 31.0 Å². The fourth-order valence-electron chi connectivity index (χ4n) is 2.56. The molecule has 1 aliphatic rings. The lowest BCUT2D eigenvalue weighted by Crippen LogP contribution is -2.44. The first-order valence-corrected chi connectivity index (χ1v) is 6.64. The van der Waals surface area contributed by atoms with E-state index >= 15 is 0 Å². The van der Waals surface area contributed by atoms with E-state index in [-0.39, 0.29) is 0 Å². The van der Waals surface area contributed by atoms with Gasteiger partial charge in [-0.05, 0) is 6.92 Å². The van der Waals surface area contributed by atoms with Crippen LogP contribution in [0.25, 0.3) is 11.0 Å². The standard InChI is InChI=1S/C12H17N5O5/c1-12(20)8(19)7(4-18)22-11(12)17-10-6(3-15-17)9(16-21-2)13-5-14-10/h3,5,7-8,11,18-20H,4H2,1-2H3,(H,13,14,16)/t7?,8?,11?,12-/m1/s1. The Bertz CT molecular complexity index is 675. The summed E-state index contributed by atoms with van der Waals surface area (Å²) in [4.78, 5) is 13.0. The number of nitrogens with one attached hydrogen (secondary N) is 1.